The smallest absolute Gasteiger partial charge is 0.124 e. The van der Waals surface area contributed by atoms with Crippen LogP contribution in [0.5, 0.6) is 0 Å². The summed E-state index contributed by atoms with van der Waals surface area (Å²) in [6.45, 7) is 2.16. The SMILES string of the molecule is N#Cc1cc[nH]c1N1CCCCC1. The molecule has 1 aliphatic rings. The lowest BCUT2D eigenvalue weighted by Crippen LogP contribution is -2.30. The monoisotopic (exact) mass is 175 g/mol. The third kappa shape index (κ3) is 1.52. The maximum absolute atomic E-state index is 8.84. The van der Waals surface area contributed by atoms with Crippen LogP contribution in [0.15, 0.2) is 12.3 Å². The molecule has 1 aromatic heterocycles. The molecule has 1 N–H and O–H groups in total. The number of nitrogens with one attached hydrogen (secondary N) is 1. The van der Waals surface area contributed by atoms with Crippen molar-refractivity contribution in [3.63, 3.8) is 0 Å². The molecule has 1 aromatic rings. The molecule has 0 aromatic carbocycles. The fourth-order valence-corrected chi connectivity index (χ4v) is 1.83. The maximum atomic E-state index is 8.84. The molecule has 1 aliphatic heterocycles. The van der Waals surface area contributed by atoms with Crippen molar-refractivity contribution in [1.82, 2.24) is 4.98 Å². The van der Waals surface area contributed by atoms with Crippen molar-refractivity contribution in [2.75, 3.05) is 18.0 Å². The molecule has 13 heavy (non-hydrogen) atoms. The van der Waals surface area contributed by atoms with E-state index in [0.717, 1.165) is 24.5 Å². The van der Waals surface area contributed by atoms with Crippen molar-refractivity contribution in [2.45, 2.75) is 19.3 Å². The molecular weight excluding hydrogens is 162 g/mol. The summed E-state index contributed by atoms with van der Waals surface area (Å²) in [5, 5.41) is 8.84. The van der Waals surface area contributed by atoms with E-state index in [0.29, 0.717) is 0 Å². The van der Waals surface area contributed by atoms with Crippen LogP contribution < -0.4 is 4.90 Å². The van der Waals surface area contributed by atoms with E-state index in [1.165, 1.54) is 19.3 Å². The Morgan fingerprint density at radius 1 is 1.31 bits per heavy atom. The average molecular weight is 175 g/mol. The molecule has 1 saturated heterocycles. The molecule has 0 spiro atoms. The van der Waals surface area contributed by atoms with Gasteiger partial charge in [-0.15, -0.1) is 0 Å². The van der Waals surface area contributed by atoms with Crippen LogP contribution in [-0.2, 0) is 0 Å². The summed E-state index contributed by atoms with van der Waals surface area (Å²) < 4.78 is 0. The van der Waals surface area contributed by atoms with Gasteiger partial charge in [0.15, 0.2) is 0 Å². The number of piperidine rings is 1. The van der Waals surface area contributed by atoms with Crippen LogP contribution >= 0.6 is 0 Å². The van der Waals surface area contributed by atoms with E-state index in [1.54, 1.807) is 0 Å². The number of hydrogen-bond acceptors (Lipinski definition) is 2. The van der Waals surface area contributed by atoms with Gasteiger partial charge in [0.2, 0.25) is 0 Å². The Hall–Kier alpha value is -1.43. The van der Waals surface area contributed by atoms with Crippen LogP contribution in [-0.4, -0.2) is 18.1 Å². The number of nitrogens with zero attached hydrogens (tertiary/aromatic N) is 2. The van der Waals surface area contributed by atoms with Crippen molar-refractivity contribution in [1.29, 1.82) is 5.26 Å². The Morgan fingerprint density at radius 3 is 2.77 bits per heavy atom. The average Bonchev–Trinajstić information content (AvgIpc) is 2.67. The predicted molar refractivity (Wildman–Crippen MR) is 51.6 cm³/mol. The van der Waals surface area contributed by atoms with Gasteiger partial charge in [-0.3, -0.25) is 0 Å². The lowest BCUT2D eigenvalue weighted by Gasteiger charge is -2.27. The Labute approximate surface area is 78.0 Å². The first-order valence-electron chi connectivity index (χ1n) is 4.74. The van der Waals surface area contributed by atoms with E-state index >= 15 is 0 Å². The molecule has 0 aliphatic carbocycles. The third-order valence-corrected chi connectivity index (χ3v) is 2.52. The molecule has 3 heteroatoms. The summed E-state index contributed by atoms with van der Waals surface area (Å²) in [5.41, 5.74) is 0.766. The second kappa shape index (κ2) is 3.53. The number of H-pyrrole nitrogens is 1. The highest BCUT2D eigenvalue weighted by atomic mass is 15.2. The standard InChI is InChI=1S/C10H13N3/c11-8-9-4-5-12-10(9)13-6-2-1-3-7-13/h4-5,12H,1-3,6-7H2. The summed E-state index contributed by atoms with van der Waals surface area (Å²) in [6, 6.07) is 4.04. The Morgan fingerprint density at radius 2 is 2.08 bits per heavy atom. The number of rotatable bonds is 1. The van der Waals surface area contributed by atoms with Crippen LogP contribution in [0.2, 0.25) is 0 Å². The molecule has 2 rings (SSSR count). The van der Waals surface area contributed by atoms with Gasteiger partial charge >= 0.3 is 0 Å². The lowest BCUT2D eigenvalue weighted by atomic mass is 10.1. The zero-order chi connectivity index (χ0) is 9.10. The van der Waals surface area contributed by atoms with E-state index in [2.05, 4.69) is 16.0 Å². The Balaban J connectivity index is 2.19. The molecule has 0 bridgehead atoms. The van der Waals surface area contributed by atoms with Crippen LogP contribution in [0.25, 0.3) is 0 Å². The first kappa shape index (κ1) is 8.18. The Kier molecular flexibility index (Phi) is 2.22. The van der Waals surface area contributed by atoms with Gasteiger partial charge in [-0.1, -0.05) is 0 Å². The summed E-state index contributed by atoms with van der Waals surface area (Å²) in [6.07, 6.45) is 5.63. The zero-order valence-electron chi connectivity index (χ0n) is 7.58. The normalized spacial score (nSPS) is 17.0. The van der Waals surface area contributed by atoms with Gasteiger partial charge in [0.1, 0.15) is 11.9 Å². The van der Waals surface area contributed by atoms with Crippen molar-refractivity contribution in [2.24, 2.45) is 0 Å². The van der Waals surface area contributed by atoms with Gasteiger partial charge in [0.25, 0.3) is 0 Å². The molecule has 2 heterocycles. The van der Waals surface area contributed by atoms with Crippen molar-refractivity contribution < 1.29 is 0 Å². The fourth-order valence-electron chi connectivity index (χ4n) is 1.83. The van der Waals surface area contributed by atoms with Gasteiger partial charge in [-0.2, -0.15) is 5.26 Å². The van der Waals surface area contributed by atoms with Gasteiger partial charge in [0.05, 0.1) is 5.56 Å². The predicted octanol–water partition coefficient (Wildman–Crippen LogP) is 1.88. The highest BCUT2D eigenvalue weighted by Crippen LogP contribution is 2.21. The minimum atomic E-state index is 0.766. The number of anilines is 1. The van der Waals surface area contributed by atoms with Gasteiger partial charge in [-0.05, 0) is 25.3 Å². The van der Waals surface area contributed by atoms with Crippen molar-refractivity contribution >= 4 is 5.82 Å². The second-order valence-corrected chi connectivity index (χ2v) is 3.40. The van der Waals surface area contributed by atoms with Crippen LogP contribution in [0.1, 0.15) is 24.8 Å². The number of hydrogen-bond donors (Lipinski definition) is 1. The second-order valence-electron chi connectivity index (χ2n) is 3.40. The van der Waals surface area contributed by atoms with Crippen LogP contribution in [0, 0.1) is 11.3 Å². The molecular formula is C10H13N3. The summed E-state index contributed by atoms with van der Waals surface area (Å²) >= 11 is 0. The minimum Gasteiger partial charge on any atom is -0.357 e. The lowest BCUT2D eigenvalue weighted by molar-refractivity contribution is 0.574. The van der Waals surface area contributed by atoms with E-state index in [9.17, 15) is 0 Å². The van der Waals surface area contributed by atoms with E-state index in [1.807, 2.05) is 12.3 Å². The summed E-state index contributed by atoms with van der Waals surface area (Å²) in [7, 11) is 0. The molecule has 0 radical (unpaired) electrons. The Bertz CT molecular complexity index is 315. The summed E-state index contributed by atoms with van der Waals surface area (Å²) in [5.74, 6) is 1.00. The molecule has 0 amide bonds. The van der Waals surface area contributed by atoms with Gasteiger partial charge < -0.3 is 9.88 Å². The molecule has 0 unspecified atom stereocenters. The van der Waals surface area contributed by atoms with Crippen LogP contribution in [0.4, 0.5) is 5.82 Å². The zero-order valence-corrected chi connectivity index (χ0v) is 7.58. The molecule has 0 saturated carbocycles. The number of aromatic amines is 1. The first-order chi connectivity index (χ1) is 6.42. The van der Waals surface area contributed by atoms with E-state index in [4.69, 9.17) is 5.26 Å². The van der Waals surface area contributed by atoms with Crippen molar-refractivity contribution in [3.8, 4) is 6.07 Å². The van der Waals surface area contributed by atoms with E-state index in [-0.39, 0.29) is 0 Å². The minimum absolute atomic E-state index is 0.766. The fraction of sp³-hybridized carbons (Fsp3) is 0.500. The maximum Gasteiger partial charge on any atom is 0.124 e. The quantitative estimate of drug-likeness (QED) is 0.708. The highest BCUT2D eigenvalue weighted by molar-refractivity contribution is 5.54. The molecule has 1 fully saturated rings. The van der Waals surface area contributed by atoms with E-state index < -0.39 is 0 Å². The topological polar surface area (TPSA) is 42.8 Å². The van der Waals surface area contributed by atoms with Crippen LogP contribution in [0.3, 0.4) is 0 Å². The third-order valence-electron chi connectivity index (χ3n) is 2.52. The number of nitriles is 1. The molecule has 0 atom stereocenters. The largest absolute Gasteiger partial charge is 0.357 e. The molecule has 68 valence electrons. The highest BCUT2D eigenvalue weighted by Gasteiger charge is 2.14. The van der Waals surface area contributed by atoms with Crippen molar-refractivity contribution in [3.05, 3.63) is 17.8 Å². The van der Waals surface area contributed by atoms with Gasteiger partial charge in [0, 0.05) is 19.3 Å². The molecule has 3 nitrogen and oxygen atoms in total. The summed E-state index contributed by atoms with van der Waals surface area (Å²) in [4.78, 5) is 5.40. The first-order valence-corrected chi connectivity index (χ1v) is 4.74. The number of aromatic nitrogens is 1. The van der Waals surface area contributed by atoms with Gasteiger partial charge in [-0.25, -0.2) is 0 Å².